The Morgan fingerprint density at radius 1 is 0.900 bits per heavy atom. The molecule has 1 aliphatic carbocycles. The second kappa shape index (κ2) is 7.59. The van der Waals surface area contributed by atoms with Gasteiger partial charge in [-0.05, 0) is 49.2 Å². The van der Waals surface area contributed by atoms with Crippen LogP contribution in [-0.4, -0.2) is 17.7 Å². The van der Waals surface area contributed by atoms with Gasteiger partial charge in [0.25, 0.3) is 5.91 Å². The molecule has 0 radical (unpaired) electrons. The van der Waals surface area contributed by atoms with E-state index in [1.54, 1.807) is 0 Å². The van der Waals surface area contributed by atoms with Gasteiger partial charge >= 0.3 is 6.18 Å². The van der Waals surface area contributed by atoms with E-state index < -0.39 is 17.6 Å². The minimum absolute atomic E-state index is 0.118. The van der Waals surface area contributed by atoms with Crippen LogP contribution in [0.25, 0.3) is 0 Å². The predicted octanol–water partition coefficient (Wildman–Crippen LogP) is 4.64. The second-order valence-corrected chi connectivity index (χ2v) is 7.55. The van der Waals surface area contributed by atoms with Gasteiger partial charge in [0, 0.05) is 5.56 Å². The van der Waals surface area contributed by atoms with E-state index in [0.29, 0.717) is 18.5 Å². The molecule has 2 unspecified atom stereocenters. The molecule has 2 aromatic rings. The van der Waals surface area contributed by atoms with E-state index >= 15 is 0 Å². The molecule has 3 amide bonds. The lowest BCUT2D eigenvalue weighted by Crippen LogP contribution is -2.30. The minimum Gasteiger partial charge on any atom is -0.321 e. The van der Waals surface area contributed by atoms with Crippen LogP contribution in [0.15, 0.2) is 48.5 Å². The molecule has 2 aromatic carbocycles. The number of nitrogens with zero attached hydrogens (tertiary/aromatic N) is 1. The maximum atomic E-state index is 13.1. The van der Waals surface area contributed by atoms with Crippen LogP contribution in [0.4, 0.5) is 24.5 Å². The number of hydrogen-bond donors (Lipinski definition) is 1. The number of carbonyl (C=O) groups is 3. The second-order valence-electron chi connectivity index (χ2n) is 7.55. The summed E-state index contributed by atoms with van der Waals surface area (Å²) in [7, 11) is 0. The van der Waals surface area contributed by atoms with E-state index in [-0.39, 0.29) is 34.9 Å². The zero-order valence-corrected chi connectivity index (χ0v) is 15.9. The number of halogens is 3. The lowest BCUT2D eigenvalue weighted by Gasteiger charge is -2.19. The Labute approximate surface area is 170 Å². The van der Waals surface area contributed by atoms with Crippen molar-refractivity contribution in [3.8, 4) is 0 Å². The van der Waals surface area contributed by atoms with Gasteiger partial charge in [-0.1, -0.05) is 25.0 Å². The molecule has 156 valence electrons. The zero-order valence-electron chi connectivity index (χ0n) is 15.9. The number of benzene rings is 2. The third-order valence-corrected chi connectivity index (χ3v) is 5.71. The average Bonchev–Trinajstić information content (AvgIpc) is 2.98. The number of alkyl halides is 3. The van der Waals surface area contributed by atoms with Crippen molar-refractivity contribution in [2.24, 2.45) is 11.8 Å². The molecule has 1 heterocycles. The van der Waals surface area contributed by atoms with E-state index in [9.17, 15) is 27.6 Å². The topological polar surface area (TPSA) is 66.5 Å². The SMILES string of the molecule is O=C(Nc1ccccc1C(F)(F)F)c1ccc(N2C(=O)C3CCCCC3C2=O)cc1. The lowest BCUT2D eigenvalue weighted by molar-refractivity contribution is -0.137. The fraction of sp³-hybridized carbons (Fsp3) is 0.318. The highest BCUT2D eigenvalue weighted by Gasteiger charge is 2.48. The summed E-state index contributed by atoms with van der Waals surface area (Å²) in [6.07, 6.45) is -1.35. The van der Waals surface area contributed by atoms with Crippen LogP contribution in [0.5, 0.6) is 0 Å². The van der Waals surface area contributed by atoms with Gasteiger partial charge < -0.3 is 5.32 Å². The number of rotatable bonds is 3. The molecule has 0 aromatic heterocycles. The fourth-order valence-electron chi connectivity index (χ4n) is 4.21. The highest BCUT2D eigenvalue weighted by molar-refractivity contribution is 6.22. The summed E-state index contributed by atoms with van der Waals surface area (Å²) in [4.78, 5) is 38.9. The molecule has 2 atom stereocenters. The minimum atomic E-state index is -4.60. The summed E-state index contributed by atoms with van der Waals surface area (Å²) >= 11 is 0. The number of imide groups is 1. The fourth-order valence-corrected chi connectivity index (χ4v) is 4.21. The van der Waals surface area contributed by atoms with Gasteiger partial charge in [0.1, 0.15) is 0 Å². The largest absolute Gasteiger partial charge is 0.418 e. The van der Waals surface area contributed by atoms with Crippen LogP contribution >= 0.6 is 0 Å². The lowest BCUT2D eigenvalue weighted by atomic mass is 9.81. The number of anilines is 2. The van der Waals surface area contributed by atoms with Crippen molar-refractivity contribution in [2.45, 2.75) is 31.9 Å². The van der Waals surface area contributed by atoms with Gasteiger partial charge in [0.15, 0.2) is 0 Å². The predicted molar refractivity (Wildman–Crippen MR) is 104 cm³/mol. The molecule has 8 heteroatoms. The maximum Gasteiger partial charge on any atom is 0.418 e. The van der Waals surface area contributed by atoms with E-state index in [2.05, 4.69) is 5.32 Å². The first-order chi connectivity index (χ1) is 14.3. The van der Waals surface area contributed by atoms with Crippen molar-refractivity contribution >= 4 is 29.1 Å². The summed E-state index contributed by atoms with van der Waals surface area (Å²) in [6.45, 7) is 0. The normalized spacial score (nSPS) is 21.5. The van der Waals surface area contributed by atoms with Crippen LogP contribution in [0, 0.1) is 11.8 Å². The molecular weight excluding hydrogens is 397 g/mol. The molecule has 0 spiro atoms. The van der Waals surface area contributed by atoms with Crippen molar-refractivity contribution < 1.29 is 27.6 Å². The number of nitrogens with one attached hydrogen (secondary N) is 1. The van der Waals surface area contributed by atoms with Crippen molar-refractivity contribution in [1.29, 1.82) is 0 Å². The zero-order chi connectivity index (χ0) is 21.5. The Bertz CT molecular complexity index is 977. The molecule has 30 heavy (non-hydrogen) atoms. The van der Waals surface area contributed by atoms with Gasteiger partial charge in [-0.2, -0.15) is 13.2 Å². The number of fused-ring (bicyclic) bond motifs is 1. The van der Waals surface area contributed by atoms with E-state index in [4.69, 9.17) is 0 Å². The van der Waals surface area contributed by atoms with Crippen LogP contribution < -0.4 is 10.2 Å². The van der Waals surface area contributed by atoms with Gasteiger partial charge in [0.05, 0.1) is 28.8 Å². The van der Waals surface area contributed by atoms with Crippen molar-refractivity contribution in [3.05, 3.63) is 59.7 Å². The average molecular weight is 416 g/mol. The van der Waals surface area contributed by atoms with Crippen LogP contribution in [-0.2, 0) is 15.8 Å². The first-order valence-electron chi connectivity index (χ1n) is 9.73. The van der Waals surface area contributed by atoms with Gasteiger partial charge in [-0.15, -0.1) is 0 Å². The highest BCUT2D eigenvalue weighted by Crippen LogP contribution is 2.40. The summed E-state index contributed by atoms with van der Waals surface area (Å²) in [5.41, 5.74) is -0.794. The molecule has 0 bridgehead atoms. The summed E-state index contributed by atoms with van der Waals surface area (Å²) in [6, 6.07) is 10.4. The molecule has 4 rings (SSSR count). The molecule has 1 N–H and O–H groups in total. The third-order valence-electron chi connectivity index (χ3n) is 5.71. The van der Waals surface area contributed by atoms with E-state index in [1.165, 1.54) is 47.4 Å². The van der Waals surface area contributed by atoms with Gasteiger partial charge in [-0.3, -0.25) is 19.3 Å². The van der Waals surface area contributed by atoms with Crippen molar-refractivity contribution in [2.75, 3.05) is 10.2 Å². The quantitative estimate of drug-likeness (QED) is 0.742. The number of carbonyl (C=O) groups excluding carboxylic acids is 3. The Balaban J connectivity index is 1.53. The molecule has 2 fully saturated rings. The van der Waals surface area contributed by atoms with Gasteiger partial charge in [0.2, 0.25) is 11.8 Å². The summed E-state index contributed by atoms with van der Waals surface area (Å²) in [5.74, 6) is -1.73. The van der Waals surface area contributed by atoms with Crippen LogP contribution in [0.2, 0.25) is 0 Å². The smallest absolute Gasteiger partial charge is 0.321 e. The van der Waals surface area contributed by atoms with Gasteiger partial charge in [-0.25, -0.2) is 0 Å². The Kier molecular flexibility index (Phi) is 5.09. The van der Waals surface area contributed by atoms with E-state index in [1.807, 2.05) is 0 Å². The molecule has 1 saturated heterocycles. The van der Waals surface area contributed by atoms with Crippen LogP contribution in [0.1, 0.15) is 41.6 Å². The third kappa shape index (κ3) is 3.58. The molecular formula is C22H19F3N2O3. The number of hydrogen-bond acceptors (Lipinski definition) is 3. The Morgan fingerprint density at radius 2 is 1.47 bits per heavy atom. The number of amides is 3. The maximum absolute atomic E-state index is 13.1. The Morgan fingerprint density at radius 3 is 2.03 bits per heavy atom. The highest BCUT2D eigenvalue weighted by atomic mass is 19.4. The summed E-state index contributed by atoms with van der Waals surface area (Å²) in [5, 5.41) is 2.27. The molecule has 1 saturated carbocycles. The molecule has 5 nitrogen and oxygen atoms in total. The van der Waals surface area contributed by atoms with Crippen molar-refractivity contribution in [3.63, 3.8) is 0 Å². The van der Waals surface area contributed by atoms with Crippen molar-refractivity contribution in [1.82, 2.24) is 0 Å². The standard InChI is InChI=1S/C22H19F3N2O3/c23-22(24,25)17-7-3-4-8-18(17)26-19(28)13-9-11-14(12-10-13)27-20(29)15-5-1-2-6-16(15)21(27)30/h3-4,7-12,15-16H,1-2,5-6H2,(H,26,28). The first-order valence-corrected chi connectivity index (χ1v) is 9.73. The number of para-hydroxylation sites is 1. The van der Waals surface area contributed by atoms with Crippen LogP contribution in [0.3, 0.4) is 0 Å². The summed E-state index contributed by atoms with van der Waals surface area (Å²) < 4.78 is 39.3. The van der Waals surface area contributed by atoms with E-state index in [0.717, 1.165) is 18.9 Å². The monoisotopic (exact) mass is 416 g/mol. The Hall–Kier alpha value is -3.16. The first kappa shape index (κ1) is 20.1. The molecule has 2 aliphatic rings. The molecule has 1 aliphatic heterocycles.